The highest BCUT2D eigenvalue weighted by atomic mass is 16.5. The van der Waals surface area contributed by atoms with Crippen LogP contribution in [0.4, 0.5) is 0 Å². The maximum Gasteiger partial charge on any atom is 0.338 e. The van der Waals surface area contributed by atoms with Crippen molar-refractivity contribution in [1.29, 1.82) is 5.26 Å². The molecule has 0 saturated carbocycles. The van der Waals surface area contributed by atoms with Crippen molar-refractivity contribution in [3.63, 3.8) is 0 Å². The monoisotopic (exact) mass is 338 g/mol. The molecule has 1 unspecified atom stereocenters. The van der Waals surface area contributed by atoms with Gasteiger partial charge in [0, 0.05) is 0 Å². The van der Waals surface area contributed by atoms with Crippen LogP contribution in [0, 0.1) is 11.3 Å². The van der Waals surface area contributed by atoms with Crippen LogP contribution in [0.1, 0.15) is 34.5 Å². The Bertz CT molecular complexity index is 777. The van der Waals surface area contributed by atoms with E-state index in [0.29, 0.717) is 5.56 Å². The normalized spacial score (nSPS) is 11.1. The number of nitrogens with zero attached hydrogens (tertiary/aromatic N) is 1. The third-order valence-electron chi connectivity index (χ3n) is 3.58. The summed E-state index contributed by atoms with van der Waals surface area (Å²) in [6.45, 7) is 1.46. The molecule has 0 bridgehead atoms. The van der Waals surface area contributed by atoms with Crippen LogP contribution in [0.2, 0.25) is 0 Å². The Balaban J connectivity index is 1.84. The van der Waals surface area contributed by atoms with Crippen LogP contribution < -0.4 is 10.1 Å². The number of hydrogen-bond acceptors (Lipinski definition) is 5. The quantitative estimate of drug-likeness (QED) is 0.818. The Morgan fingerprint density at radius 2 is 1.76 bits per heavy atom. The Labute approximate surface area is 146 Å². The molecule has 0 saturated heterocycles. The molecule has 2 aromatic carbocycles. The fraction of sp³-hybridized carbons (Fsp3) is 0.211. The second kappa shape index (κ2) is 8.50. The number of hydrogen-bond donors (Lipinski definition) is 1. The number of rotatable bonds is 6. The zero-order valence-electron chi connectivity index (χ0n) is 14.0. The van der Waals surface area contributed by atoms with Crippen LogP contribution >= 0.6 is 0 Å². The fourth-order valence-electron chi connectivity index (χ4n) is 2.15. The first-order valence-corrected chi connectivity index (χ1v) is 7.64. The van der Waals surface area contributed by atoms with Crippen molar-refractivity contribution in [1.82, 2.24) is 5.32 Å². The molecule has 1 amide bonds. The van der Waals surface area contributed by atoms with Gasteiger partial charge in [0.1, 0.15) is 5.75 Å². The molecule has 0 spiro atoms. The van der Waals surface area contributed by atoms with Gasteiger partial charge in [0.2, 0.25) is 0 Å². The molecule has 1 N–H and O–H groups in total. The van der Waals surface area contributed by atoms with Gasteiger partial charge in [-0.05, 0) is 48.9 Å². The summed E-state index contributed by atoms with van der Waals surface area (Å²) in [7, 11) is 1.59. The molecule has 6 heteroatoms. The van der Waals surface area contributed by atoms with E-state index in [-0.39, 0.29) is 18.2 Å². The predicted molar refractivity (Wildman–Crippen MR) is 91.0 cm³/mol. The van der Waals surface area contributed by atoms with Crippen molar-refractivity contribution in [2.45, 2.75) is 13.0 Å². The molecule has 1 atom stereocenters. The van der Waals surface area contributed by atoms with Gasteiger partial charge < -0.3 is 14.8 Å². The molecule has 0 aliphatic heterocycles. The molecule has 2 rings (SSSR count). The van der Waals surface area contributed by atoms with Crippen LogP contribution in [0.5, 0.6) is 5.75 Å². The van der Waals surface area contributed by atoms with Gasteiger partial charge in [0.05, 0.1) is 30.3 Å². The van der Waals surface area contributed by atoms with Gasteiger partial charge in [0.25, 0.3) is 5.91 Å². The van der Waals surface area contributed by atoms with Gasteiger partial charge in [-0.3, -0.25) is 4.79 Å². The molecular weight excluding hydrogens is 320 g/mol. The Kier molecular flexibility index (Phi) is 6.13. The molecule has 6 nitrogen and oxygen atoms in total. The average Bonchev–Trinajstić information content (AvgIpc) is 2.66. The fourth-order valence-corrected chi connectivity index (χ4v) is 2.15. The van der Waals surface area contributed by atoms with Gasteiger partial charge in [-0.2, -0.15) is 5.26 Å². The molecular formula is C19H18N2O4. The number of amides is 1. The highest BCUT2D eigenvalue weighted by Crippen LogP contribution is 2.17. The maximum atomic E-state index is 11.9. The van der Waals surface area contributed by atoms with E-state index >= 15 is 0 Å². The summed E-state index contributed by atoms with van der Waals surface area (Å²) >= 11 is 0. The lowest BCUT2D eigenvalue weighted by Gasteiger charge is -2.15. The van der Waals surface area contributed by atoms with Gasteiger partial charge in [-0.1, -0.05) is 12.1 Å². The van der Waals surface area contributed by atoms with Crippen molar-refractivity contribution in [2.75, 3.05) is 13.7 Å². The van der Waals surface area contributed by atoms with Crippen molar-refractivity contribution in [3.8, 4) is 11.8 Å². The predicted octanol–water partition coefficient (Wildman–Crippen LogP) is 2.60. The van der Waals surface area contributed by atoms with E-state index in [1.165, 1.54) is 24.3 Å². The smallest absolute Gasteiger partial charge is 0.338 e. The third kappa shape index (κ3) is 5.08. The zero-order valence-corrected chi connectivity index (χ0v) is 14.0. The summed E-state index contributed by atoms with van der Waals surface area (Å²) < 4.78 is 10.1. The van der Waals surface area contributed by atoms with E-state index in [4.69, 9.17) is 14.7 Å². The van der Waals surface area contributed by atoms with Gasteiger partial charge in [0.15, 0.2) is 6.61 Å². The van der Waals surface area contributed by atoms with E-state index in [1.807, 2.05) is 37.3 Å². The van der Waals surface area contributed by atoms with Crippen LogP contribution in [0.3, 0.4) is 0 Å². The number of benzene rings is 2. The Morgan fingerprint density at radius 3 is 2.32 bits per heavy atom. The van der Waals surface area contributed by atoms with Gasteiger partial charge >= 0.3 is 5.97 Å². The topological polar surface area (TPSA) is 88.4 Å². The number of methoxy groups -OCH3 is 1. The van der Waals surface area contributed by atoms with E-state index < -0.39 is 11.9 Å². The lowest BCUT2D eigenvalue weighted by molar-refractivity contribution is -0.124. The lowest BCUT2D eigenvalue weighted by Crippen LogP contribution is -2.31. The molecule has 2 aromatic rings. The van der Waals surface area contributed by atoms with Crippen LogP contribution in [0.15, 0.2) is 48.5 Å². The van der Waals surface area contributed by atoms with Crippen LogP contribution in [-0.4, -0.2) is 25.6 Å². The summed E-state index contributed by atoms with van der Waals surface area (Å²) in [5.74, 6) is -0.277. The van der Waals surface area contributed by atoms with Crippen LogP contribution in [-0.2, 0) is 9.53 Å². The van der Waals surface area contributed by atoms with Crippen molar-refractivity contribution >= 4 is 11.9 Å². The molecule has 0 aromatic heterocycles. The lowest BCUT2D eigenvalue weighted by atomic mass is 10.1. The highest BCUT2D eigenvalue weighted by Gasteiger charge is 2.13. The van der Waals surface area contributed by atoms with E-state index in [0.717, 1.165) is 11.3 Å². The third-order valence-corrected chi connectivity index (χ3v) is 3.58. The largest absolute Gasteiger partial charge is 0.497 e. The molecule has 0 heterocycles. The molecule has 0 radical (unpaired) electrons. The van der Waals surface area contributed by atoms with Crippen molar-refractivity contribution in [2.24, 2.45) is 0 Å². The first kappa shape index (κ1) is 18.0. The Morgan fingerprint density at radius 1 is 1.12 bits per heavy atom. The highest BCUT2D eigenvalue weighted by molar-refractivity contribution is 5.91. The average molecular weight is 338 g/mol. The summed E-state index contributed by atoms with van der Waals surface area (Å²) in [4.78, 5) is 23.8. The minimum absolute atomic E-state index is 0.230. The van der Waals surface area contributed by atoms with Crippen molar-refractivity contribution < 1.29 is 19.1 Å². The molecule has 0 fully saturated rings. The Hall–Kier alpha value is -3.33. The molecule has 128 valence electrons. The minimum atomic E-state index is -0.614. The zero-order chi connectivity index (χ0) is 18.2. The number of esters is 1. The van der Waals surface area contributed by atoms with E-state index in [1.54, 1.807) is 7.11 Å². The maximum absolute atomic E-state index is 11.9. The number of carbonyl (C=O) groups is 2. The SMILES string of the molecule is COc1ccc(C(C)NC(=O)COC(=O)c2ccc(C#N)cc2)cc1. The van der Waals surface area contributed by atoms with Gasteiger partial charge in [-0.15, -0.1) is 0 Å². The number of ether oxygens (including phenoxy) is 2. The molecule has 0 aliphatic rings. The number of carbonyl (C=O) groups excluding carboxylic acids is 2. The van der Waals surface area contributed by atoms with E-state index in [2.05, 4.69) is 5.32 Å². The standard InChI is InChI=1S/C19H18N2O4/c1-13(15-7-9-17(24-2)10-8-15)21-18(22)12-25-19(23)16-5-3-14(11-20)4-6-16/h3-10,13H,12H2,1-2H3,(H,21,22). The van der Waals surface area contributed by atoms with Crippen LogP contribution in [0.25, 0.3) is 0 Å². The second-order valence-electron chi connectivity index (χ2n) is 5.33. The summed E-state index contributed by atoms with van der Waals surface area (Å²) in [5.41, 5.74) is 1.64. The molecule has 0 aliphatic carbocycles. The first-order valence-electron chi connectivity index (χ1n) is 7.64. The number of nitriles is 1. The van der Waals surface area contributed by atoms with E-state index in [9.17, 15) is 9.59 Å². The first-order chi connectivity index (χ1) is 12.0. The summed E-state index contributed by atoms with van der Waals surface area (Å²) in [6, 6.07) is 15.1. The van der Waals surface area contributed by atoms with Crippen molar-refractivity contribution in [3.05, 3.63) is 65.2 Å². The summed E-state index contributed by atoms with van der Waals surface area (Å²) in [6.07, 6.45) is 0. The second-order valence-corrected chi connectivity index (χ2v) is 5.33. The molecule has 25 heavy (non-hydrogen) atoms. The van der Waals surface area contributed by atoms with Gasteiger partial charge in [-0.25, -0.2) is 4.79 Å². The minimum Gasteiger partial charge on any atom is -0.497 e. The summed E-state index contributed by atoms with van der Waals surface area (Å²) in [5, 5.41) is 11.5. The number of nitrogens with one attached hydrogen (secondary N) is 1.